The third kappa shape index (κ3) is 12.3. The molecule has 0 N–H and O–H groups in total. The molecule has 2 rings (SSSR count). The number of aryl methyl sites for hydroxylation is 1. The normalized spacial score (nSPS) is 13.0. The van der Waals surface area contributed by atoms with Crippen LogP contribution in [0.25, 0.3) is 0 Å². The maximum atomic E-state index is 12.6. The largest absolute Gasteiger partial charge is 0.489 e. The molecule has 0 spiro atoms. The summed E-state index contributed by atoms with van der Waals surface area (Å²) in [4.78, 5) is 36.0. The Balaban J connectivity index is 0. The van der Waals surface area contributed by atoms with Gasteiger partial charge in [-0.3, -0.25) is 9.59 Å². The van der Waals surface area contributed by atoms with Crippen molar-refractivity contribution in [2.24, 2.45) is 5.41 Å². The van der Waals surface area contributed by atoms with Gasteiger partial charge in [-0.2, -0.15) is 0 Å². The van der Waals surface area contributed by atoms with Crippen molar-refractivity contribution in [3.05, 3.63) is 58.1 Å². The molecule has 0 aliphatic heterocycles. The third-order valence-corrected chi connectivity index (χ3v) is 5.26. The molecule has 1 aromatic rings. The number of Topliss-reactive ketones (excluding diaryl/α,β-unsaturated/α-hetero) is 3. The lowest BCUT2D eigenvalue weighted by Crippen LogP contribution is -2.26. The molecule has 36 heavy (non-hydrogen) atoms. The summed E-state index contributed by atoms with van der Waals surface area (Å²) in [7, 11) is 2.69. The molecule has 0 bridgehead atoms. The second-order valence-corrected chi connectivity index (χ2v) is 9.33. The number of methoxy groups -OCH3 is 2. The zero-order valence-corrected chi connectivity index (χ0v) is 24.9. The first-order valence-corrected chi connectivity index (χ1v) is 13.1. The second-order valence-electron chi connectivity index (χ2n) is 9.33. The van der Waals surface area contributed by atoms with Gasteiger partial charge in [-0.25, -0.2) is 0 Å². The van der Waals surface area contributed by atoms with Crippen LogP contribution in [0.5, 0.6) is 0 Å². The molecule has 0 saturated carbocycles. The molecular formula is C31H50O5. The van der Waals surface area contributed by atoms with E-state index in [2.05, 4.69) is 27.7 Å². The molecule has 0 fully saturated rings. The summed E-state index contributed by atoms with van der Waals surface area (Å²) in [6.45, 7) is 20.3. The van der Waals surface area contributed by atoms with Crippen LogP contribution >= 0.6 is 0 Å². The first-order valence-electron chi connectivity index (χ1n) is 13.1. The first-order chi connectivity index (χ1) is 16.9. The molecule has 0 radical (unpaired) electrons. The minimum atomic E-state index is -0.327. The van der Waals surface area contributed by atoms with Crippen molar-refractivity contribution in [3.8, 4) is 0 Å². The van der Waals surface area contributed by atoms with Gasteiger partial charge in [0, 0.05) is 24.0 Å². The number of rotatable bonds is 8. The molecule has 5 nitrogen and oxygen atoms in total. The molecule has 0 atom stereocenters. The van der Waals surface area contributed by atoms with Crippen molar-refractivity contribution in [2.45, 2.75) is 101 Å². The highest BCUT2D eigenvalue weighted by Crippen LogP contribution is 2.28. The Hall–Kier alpha value is -2.69. The maximum Gasteiger partial charge on any atom is 0.228 e. The van der Waals surface area contributed by atoms with E-state index in [4.69, 9.17) is 9.47 Å². The summed E-state index contributed by atoms with van der Waals surface area (Å²) in [5.41, 5.74) is 3.32. The number of hydrogen-bond acceptors (Lipinski definition) is 5. The van der Waals surface area contributed by atoms with Gasteiger partial charge in [-0.05, 0) is 43.2 Å². The molecule has 0 unspecified atom stereocenters. The van der Waals surface area contributed by atoms with Gasteiger partial charge in [0.15, 0.2) is 0 Å². The molecule has 5 heteroatoms. The van der Waals surface area contributed by atoms with E-state index in [0.717, 1.165) is 11.1 Å². The second kappa shape index (κ2) is 18.6. The van der Waals surface area contributed by atoms with Crippen LogP contribution in [-0.4, -0.2) is 31.6 Å². The minimum absolute atomic E-state index is 0.0478. The summed E-state index contributed by atoms with van der Waals surface area (Å²) in [6.07, 6.45) is 4.20. The molecule has 0 heterocycles. The molecule has 204 valence electrons. The standard InChI is InChI=1S/C20H22O5.C7H16.2C2H6/c1-12(21)5-6-14-7-9-15(10-8-14)11-16-13(2)17(22)19(24-3)20(25-4)18(16)23;1-5-6-7(2,3)4;2*1-2/h7-10H,5-6,11H2,1-4H3;5-6H2,1-4H3;2*1-2H3. The Morgan fingerprint density at radius 3 is 1.64 bits per heavy atom. The fourth-order valence-corrected chi connectivity index (χ4v) is 3.50. The van der Waals surface area contributed by atoms with E-state index in [9.17, 15) is 14.4 Å². The minimum Gasteiger partial charge on any atom is -0.489 e. The van der Waals surface area contributed by atoms with Gasteiger partial charge < -0.3 is 14.3 Å². The number of hydrogen-bond donors (Lipinski definition) is 0. The zero-order valence-electron chi connectivity index (χ0n) is 24.9. The lowest BCUT2D eigenvalue weighted by Gasteiger charge is -2.20. The Bertz CT molecular complexity index is 881. The summed E-state index contributed by atoms with van der Waals surface area (Å²) in [5.74, 6) is -0.590. The summed E-state index contributed by atoms with van der Waals surface area (Å²) in [5, 5.41) is 0. The van der Waals surface area contributed by atoms with Crippen LogP contribution in [0.3, 0.4) is 0 Å². The van der Waals surface area contributed by atoms with E-state index in [1.807, 2.05) is 52.0 Å². The fraction of sp³-hybridized carbons (Fsp3) is 0.581. The maximum absolute atomic E-state index is 12.6. The van der Waals surface area contributed by atoms with Crippen LogP contribution in [-0.2, 0) is 36.7 Å². The quantitative estimate of drug-likeness (QED) is 0.342. The Morgan fingerprint density at radius 2 is 1.28 bits per heavy atom. The molecule has 1 aromatic carbocycles. The van der Waals surface area contributed by atoms with Crippen molar-refractivity contribution in [3.63, 3.8) is 0 Å². The van der Waals surface area contributed by atoms with E-state index in [0.29, 0.717) is 35.8 Å². The number of carbonyl (C=O) groups is 3. The van der Waals surface area contributed by atoms with Gasteiger partial charge in [0.05, 0.1) is 14.2 Å². The number of ketones is 3. The van der Waals surface area contributed by atoms with Crippen molar-refractivity contribution < 1.29 is 23.9 Å². The molecule has 0 aromatic heterocycles. The van der Waals surface area contributed by atoms with Crippen LogP contribution in [0.15, 0.2) is 46.9 Å². The summed E-state index contributed by atoms with van der Waals surface area (Å²) in [6, 6.07) is 7.71. The molecule has 0 amide bonds. The predicted molar refractivity (Wildman–Crippen MR) is 150 cm³/mol. The number of benzene rings is 1. The van der Waals surface area contributed by atoms with Crippen molar-refractivity contribution in [2.75, 3.05) is 14.2 Å². The molecule has 1 aliphatic carbocycles. The third-order valence-electron chi connectivity index (χ3n) is 5.26. The van der Waals surface area contributed by atoms with Gasteiger partial charge in [0.2, 0.25) is 23.1 Å². The van der Waals surface area contributed by atoms with Crippen LogP contribution < -0.4 is 0 Å². The van der Waals surface area contributed by atoms with Gasteiger partial charge in [-0.1, -0.05) is 86.1 Å². The van der Waals surface area contributed by atoms with Crippen molar-refractivity contribution >= 4 is 17.3 Å². The fourth-order valence-electron chi connectivity index (χ4n) is 3.50. The van der Waals surface area contributed by atoms with Crippen molar-refractivity contribution in [1.29, 1.82) is 0 Å². The summed E-state index contributed by atoms with van der Waals surface area (Å²) >= 11 is 0. The Labute approximate surface area is 220 Å². The van der Waals surface area contributed by atoms with Gasteiger partial charge in [0.25, 0.3) is 0 Å². The highest BCUT2D eigenvalue weighted by atomic mass is 16.5. The van der Waals surface area contributed by atoms with Crippen molar-refractivity contribution in [1.82, 2.24) is 0 Å². The van der Waals surface area contributed by atoms with Crippen LogP contribution in [0.2, 0.25) is 0 Å². The Kier molecular flexibility index (Phi) is 18.3. The van der Waals surface area contributed by atoms with E-state index in [-0.39, 0.29) is 28.9 Å². The molecule has 1 aliphatic rings. The smallest absolute Gasteiger partial charge is 0.228 e. The van der Waals surface area contributed by atoms with Crippen LogP contribution in [0.1, 0.15) is 99.6 Å². The zero-order chi connectivity index (χ0) is 28.5. The lowest BCUT2D eigenvalue weighted by atomic mass is 9.88. The lowest BCUT2D eigenvalue weighted by molar-refractivity contribution is -0.121. The van der Waals surface area contributed by atoms with E-state index in [1.165, 1.54) is 27.1 Å². The van der Waals surface area contributed by atoms with E-state index in [1.54, 1.807) is 13.8 Å². The van der Waals surface area contributed by atoms with E-state index < -0.39 is 0 Å². The van der Waals surface area contributed by atoms with Gasteiger partial charge >= 0.3 is 0 Å². The van der Waals surface area contributed by atoms with Gasteiger partial charge in [-0.15, -0.1) is 0 Å². The number of ether oxygens (including phenoxy) is 2. The molecule has 0 saturated heterocycles. The SMILES string of the molecule is CC.CC.CCCC(C)(C)C.COC1=C(OC)C(=O)C(Cc2ccc(CCC(C)=O)cc2)=C(C)C1=O. The van der Waals surface area contributed by atoms with Crippen LogP contribution in [0, 0.1) is 5.41 Å². The highest BCUT2D eigenvalue weighted by Gasteiger charge is 2.34. The highest BCUT2D eigenvalue weighted by molar-refractivity contribution is 6.23. The average molecular weight is 503 g/mol. The number of allylic oxidation sites excluding steroid dienone is 2. The first kappa shape index (κ1) is 35.5. The topological polar surface area (TPSA) is 69.7 Å². The Morgan fingerprint density at radius 1 is 0.833 bits per heavy atom. The van der Waals surface area contributed by atoms with E-state index >= 15 is 0 Å². The molecular weight excluding hydrogens is 452 g/mol. The van der Waals surface area contributed by atoms with Gasteiger partial charge in [0.1, 0.15) is 5.78 Å². The monoisotopic (exact) mass is 502 g/mol. The predicted octanol–water partition coefficient (Wildman–Crippen LogP) is 7.61. The summed E-state index contributed by atoms with van der Waals surface area (Å²) < 4.78 is 10.1. The number of carbonyl (C=O) groups excluding carboxylic acids is 3. The van der Waals surface area contributed by atoms with Crippen LogP contribution in [0.4, 0.5) is 0 Å². The average Bonchev–Trinajstić information content (AvgIpc) is 2.85.